The molecule has 0 aromatic rings. The minimum Gasteiger partial charge on any atom is -0.467 e. The first kappa shape index (κ1) is 14.5. The Bertz CT molecular complexity index is 343. The molecule has 1 aliphatic rings. The molecule has 1 saturated heterocycles. The molecule has 0 radical (unpaired) electrons. The monoisotopic (exact) mass is 256 g/mol. The Morgan fingerprint density at radius 2 is 2.22 bits per heavy atom. The number of hydrogen-bond acceptors (Lipinski definition) is 4. The van der Waals surface area contributed by atoms with Gasteiger partial charge >= 0.3 is 5.97 Å². The van der Waals surface area contributed by atoms with Crippen molar-refractivity contribution in [2.75, 3.05) is 7.11 Å². The summed E-state index contributed by atoms with van der Waals surface area (Å²) >= 11 is 0. The van der Waals surface area contributed by atoms with Gasteiger partial charge in [0.25, 0.3) is 0 Å². The van der Waals surface area contributed by atoms with E-state index in [2.05, 4.69) is 15.4 Å². The molecule has 0 aromatic heterocycles. The topological polar surface area (TPSA) is 84.5 Å². The minimum absolute atomic E-state index is 0.0153. The first-order valence-electron chi connectivity index (χ1n) is 6.17. The van der Waals surface area contributed by atoms with E-state index in [1.54, 1.807) is 0 Å². The molecule has 2 N–H and O–H groups in total. The Kier molecular flexibility index (Phi) is 5.12. The Morgan fingerprint density at radius 3 is 2.67 bits per heavy atom. The summed E-state index contributed by atoms with van der Waals surface area (Å²) in [5.74, 6) is -0.926. The SMILES string of the molecule is CC[C@H](C)[C@@H](NC(=O)[C@@H]1CCC(=O)N1)C(=O)OC. The summed E-state index contributed by atoms with van der Waals surface area (Å²) in [4.78, 5) is 34.6. The molecule has 1 aliphatic heterocycles. The maximum atomic E-state index is 11.9. The highest BCUT2D eigenvalue weighted by Crippen LogP contribution is 2.12. The van der Waals surface area contributed by atoms with Gasteiger partial charge in [0.1, 0.15) is 12.1 Å². The largest absolute Gasteiger partial charge is 0.467 e. The quantitative estimate of drug-likeness (QED) is 0.676. The van der Waals surface area contributed by atoms with Crippen LogP contribution in [-0.4, -0.2) is 37.0 Å². The van der Waals surface area contributed by atoms with Crippen molar-refractivity contribution in [2.24, 2.45) is 5.92 Å². The molecule has 1 heterocycles. The normalized spacial score (nSPS) is 21.9. The van der Waals surface area contributed by atoms with Crippen molar-refractivity contribution in [3.05, 3.63) is 0 Å². The van der Waals surface area contributed by atoms with E-state index < -0.39 is 18.1 Å². The van der Waals surface area contributed by atoms with Crippen LogP contribution in [0, 0.1) is 5.92 Å². The average molecular weight is 256 g/mol. The lowest BCUT2D eigenvalue weighted by Gasteiger charge is -2.23. The Hall–Kier alpha value is -1.59. The number of methoxy groups -OCH3 is 1. The van der Waals surface area contributed by atoms with E-state index in [0.29, 0.717) is 12.8 Å². The van der Waals surface area contributed by atoms with E-state index >= 15 is 0 Å². The lowest BCUT2D eigenvalue weighted by molar-refractivity contribution is -0.146. The van der Waals surface area contributed by atoms with Gasteiger partial charge in [-0.1, -0.05) is 20.3 Å². The molecule has 18 heavy (non-hydrogen) atoms. The molecule has 0 unspecified atom stereocenters. The lowest BCUT2D eigenvalue weighted by atomic mass is 9.99. The molecule has 3 atom stereocenters. The number of carbonyl (C=O) groups excluding carboxylic acids is 3. The smallest absolute Gasteiger partial charge is 0.328 e. The zero-order valence-electron chi connectivity index (χ0n) is 11.0. The molecular formula is C12H20N2O4. The van der Waals surface area contributed by atoms with Gasteiger partial charge in [0.15, 0.2) is 0 Å². The molecule has 0 saturated carbocycles. The number of esters is 1. The van der Waals surface area contributed by atoms with Crippen LogP contribution in [0.1, 0.15) is 33.1 Å². The zero-order chi connectivity index (χ0) is 13.7. The number of ether oxygens (including phenoxy) is 1. The van der Waals surface area contributed by atoms with Crippen molar-refractivity contribution in [3.63, 3.8) is 0 Å². The van der Waals surface area contributed by atoms with Crippen LogP contribution in [0.3, 0.4) is 0 Å². The van der Waals surface area contributed by atoms with Gasteiger partial charge in [-0.25, -0.2) is 4.79 Å². The van der Waals surface area contributed by atoms with E-state index in [9.17, 15) is 14.4 Å². The van der Waals surface area contributed by atoms with Gasteiger partial charge in [0.05, 0.1) is 7.11 Å². The third-order valence-electron chi connectivity index (χ3n) is 3.28. The summed E-state index contributed by atoms with van der Waals surface area (Å²) in [6, 6.07) is -1.20. The summed E-state index contributed by atoms with van der Waals surface area (Å²) in [5, 5.41) is 5.22. The van der Waals surface area contributed by atoms with Crippen LogP contribution in [0.15, 0.2) is 0 Å². The first-order valence-corrected chi connectivity index (χ1v) is 6.17. The van der Waals surface area contributed by atoms with E-state index in [0.717, 1.165) is 6.42 Å². The van der Waals surface area contributed by atoms with Crippen LogP contribution < -0.4 is 10.6 Å². The zero-order valence-corrected chi connectivity index (χ0v) is 11.0. The number of hydrogen-bond donors (Lipinski definition) is 2. The predicted molar refractivity (Wildman–Crippen MR) is 64.6 cm³/mol. The van der Waals surface area contributed by atoms with E-state index in [1.807, 2.05) is 13.8 Å². The highest BCUT2D eigenvalue weighted by molar-refractivity contribution is 5.93. The molecule has 0 bridgehead atoms. The average Bonchev–Trinajstić information content (AvgIpc) is 2.80. The van der Waals surface area contributed by atoms with Gasteiger partial charge in [0, 0.05) is 6.42 Å². The van der Waals surface area contributed by atoms with Crippen LogP contribution in [0.25, 0.3) is 0 Å². The Labute approximate surface area is 106 Å². The molecule has 102 valence electrons. The fraction of sp³-hybridized carbons (Fsp3) is 0.750. The van der Waals surface area contributed by atoms with E-state index in [-0.39, 0.29) is 17.7 Å². The van der Waals surface area contributed by atoms with Crippen molar-refractivity contribution >= 4 is 17.8 Å². The van der Waals surface area contributed by atoms with Crippen LogP contribution in [-0.2, 0) is 19.1 Å². The fourth-order valence-electron chi connectivity index (χ4n) is 1.86. The van der Waals surface area contributed by atoms with Crippen molar-refractivity contribution < 1.29 is 19.1 Å². The number of carbonyl (C=O) groups is 3. The second-order valence-electron chi connectivity index (χ2n) is 4.55. The second kappa shape index (κ2) is 6.37. The third kappa shape index (κ3) is 3.45. The van der Waals surface area contributed by atoms with E-state index in [1.165, 1.54) is 7.11 Å². The van der Waals surface area contributed by atoms with Crippen LogP contribution in [0.4, 0.5) is 0 Å². The summed E-state index contributed by atoms with van der Waals surface area (Å²) in [5.41, 5.74) is 0. The molecule has 6 heteroatoms. The molecule has 0 aliphatic carbocycles. The predicted octanol–water partition coefficient (Wildman–Crippen LogP) is -0.0311. The van der Waals surface area contributed by atoms with Crippen molar-refractivity contribution in [3.8, 4) is 0 Å². The Morgan fingerprint density at radius 1 is 1.56 bits per heavy atom. The van der Waals surface area contributed by atoms with Gasteiger partial charge in [-0.2, -0.15) is 0 Å². The van der Waals surface area contributed by atoms with Crippen molar-refractivity contribution in [1.82, 2.24) is 10.6 Å². The maximum absolute atomic E-state index is 11.9. The highest BCUT2D eigenvalue weighted by atomic mass is 16.5. The van der Waals surface area contributed by atoms with Crippen molar-refractivity contribution in [1.29, 1.82) is 0 Å². The van der Waals surface area contributed by atoms with Gasteiger partial charge in [-0.05, 0) is 12.3 Å². The third-order valence-corrected chi connectivity index (χ3v) is 3.28. The first-order chi connectivity index (χ1) is 8.49. The summed E-state index contributed by atoms with van der Waals surface area (Å²) in [7, 11) is 1.29. The Balaban J connectivity index is 2.62. The molecule has 1 rings (SSSR count). The summed E-state index contributed by atoms with van der Waals surface area (Å²) in [6.45, 7) is 3.80. The minimum atomic E-state index is -0.662. The molecule has 0 aromatic carbocycles. The number of amides is 2. The highest BCUT2D eigenvalue weighted by Gasteiger charge is 2.32. The second-order valence-corrected chi connectivity index (χ2v) is 4.55. The van der Waals surface area contributed by atoms with Crippen LogP contribution in [0.2, 0.25) is 0 Å². The molecular weight excluding hydrogens is 236 g/mol. The van der Waals surface area contributed by atoms with Crippen molar-refractivity contribution in [2.45, 2.75) is 45.2 Å². The molecule has 2 amide bonds. The standard InChI is InChI=1S/C12H20N2O4/c1-4-7(2)10(12(17)18-3)14-11(16)8-5-6-9(15)13-8/h7-8,10H,4-6H2,1-3H3,(H,13,15)(H,14,16)/t7-,8-,10+/m0/s1. The lowest BCUT2D eigenvalue weighted by Crippen LogP contribution is -2.51. The number of rotatable bonds is 5. The molecule has 0 spiro atoms. The number of nitrogens with one attached hydrogen (secondary N) is 2. The van der Waals surface area contributed by atoms with Gasteiger partial charge in [-0.15, -0.1) is 0 Å². The van der Waals surface area contributed by atoms with Crippen LogP contribution >= 0.6 is 0 Å². The van der Waals surface area contributed by atoms with Gasteiger partial charge < -0.3 is 15.4 Å². The van der Waals surface area contributed by atoms with E-state index in [4.69, 9.17) is 0 Å². The van der Waals surface area contributed by atoms with Gasteiger partial charge in [-0.3, -0.25) is 9.59 Å². The molecule has 6 nitrogen and oxygen atoms in total. The summed E-state index contributed by atoms with van der Waals surface area (Å²) < 4.78 is 4.68. The van der Waals surface area contributed by atoms with Gasteiger partial charge in [0.2, 0.25) is 11.8 Å². The summed E-state index contributed by atoms with van der Waals surface area (Å²) in [6.07, 6.45) is 1.57. The maximum Gasteiger partial charge on any atom is 0.328 e. The fourth-order valence-corrected chi connectivity index (χ4v) is 1.86. The van der Waals surface area contributed by atoms with Crippen LogP contribution in [0.5, 0.6) is 0 Å². The molecule has 1 fully saturated rings.